The maximum absolute atomic E-state index is 13.5. The summed E-state index contributed by atoms with van der Waals surface area (Å²) in [6, 6.07) is 2.43. The monoisotopic (exact) mass is 276 g/mol. The molecule has 3 heteroatoms. The standard InChI is InChI=1S/C17H25FN2/c1-17(2)6-5-12(10-20-15-3-4-15)16(8-17)13-7-14(18)11-19-9-13/h7,9,11-12,15-16,20H,3-6,8,10H2,1-2H3. The quantitative estimate of drug-likeness (QED) is 0.902. The van der Waals surface area contributed by atoms with E-state index in [0.29, 0.717) is 17.3 Å². The number of aromatic nitrogens is 1. The fraction of sp³-hybridized carbons (Fsp3) is 0.706. The van der Waals surface area contributed by atoms with Crippen LogP contribution >= 0.6 is 0 Å². The van der Waals surface area contributed by atoms with E-state index in [-0.39, 0.29) is 5.82 Å². The highest BCUT2D eigenvalue weighted by molar-refractivity contribution is 5.19. The molecular formula is C17H25FN2. The Labute approximate surface area is 121 Å². The van der Waals surface area contributed by atoms with Crippen molar-refractivity contribution in [1.82, 2.24) is 10.3 Å². The smallest absolute Gasteiger partial charge is 0.141 e. The Morgan fingerprint density at radius 3 is 2.80 bits per heavy atom. The fourth-order valence-electron chi connectivity index (χ4n) is 3.51. The van der Waals surface area contributed by atoms with E-state index in [1.54, 1.807) is 6.07 Å². The summed E-state index contributed by atoms with van der Waals surface area (Å²) in [5, 5.41) is 3.65. The zero-order valence-corrected chi connectivity index (χ0v) is 12.5. The van der Waals surface area contributed by atoms with Gasteiger partial charge in [-0.25, -0.2) is 4.39 Å². The number of rotatable bonds is 4. The third-order valence-electron chi connectivity index (χ3n) is 4.93. The van der Waals surface area contributed by atoms with Gasteiger partial charge in [0.1, 0.15) is 5.82 Å². The van der Waals surface area contributed by atoms with Crippen molar-refractivity contribution >= 4 is 0 Å². The summed E-state index contributed by atoms with van der Waals surface area (Å²) in [5.41, 5.74) is 1.44. The van der Waals surface area contributed by atoms with E-state index in [0.717, 1.165) is 24.6 Å². The van der Waals surface area contributed by atoms with Gasteiger partial charge in [-0.2, -0.15) is 0 Å². The van der Waals surface area contributed by atoms with Crippen molar-refractivity contribution in [3.05, 3.63) is 29.8 Å². The van der Waals surface area contributed by atoms with Gasteiger partial charge in [0, 0.05) is 12.2 Å². The molecule has 2 atom stereocenters. The van der Waals surface area contributed by atoms with Crippen LogP contribution < -0.4 is 5.32 Å². The van der Waals surface area contributed by atoms with Gasteiger partial charge in [-0.15, -0.1) is 0 Å². The predicted octanol–water partition coefficient (Wildman–Crippen LogP) is 3.88. The number of nitrogens with one attached hydrogen (secondary N) is 1. The molecule has 0 bridgehead atoms. The van der Waals surface area contributed by atoms with E-state index in [9.17, 15) is 4.39 Å². The SMILES string of the molecule is CC1(C)CCC(CNC2CC2)C(c2cncc(F)c2)C1. The number of hydrogen-bond donors (Lipinski definition) is 1. The summed E-state index contributed by atoms with van der Waals surface area (Å²) >= 11 is 0. The Bertz CT molecular complexity index is 466. The Morgan fingerprint density at radius 2 is 2.10 bits per heavy atom. The molecular weight excluding hydrogens is 251 g/mol. The Morgan fingerprint density at radius 1 is 1.30 bits per heavy atom. The molecule has 110 valence electrons. The van der Waals surface area contributed by atoms with E-state index in [1.165, 1.54) is 31.9 Å². The van der Waals surface area contributed by atoms with Crippen molar-refractivity contribution in [2.24, 2.45) is 11.3 Å². The Kier molecular flexibility index (Phi) is 3.80. The van der Waals surface area contributed by atoms with Gasteiger partial charge < -0.3 is 5.32 Å². The molecule has 0 spiro atoms. The first kappa shape index (κ1) is 14.0. The number of pyridine rings is 1. The first-order valence-electron chi connectivity index (χ1n) is 7.87. The number of nitrogens with zero attached hydrogens (tertiary/aromatic N) is 1. The molecule has 1 aromatic heterocycles. The van der Waals surface area contributed by atoms with Crippen LogP contribution in [0.25, 0.3) is 0 Å². The molecule has 3 rings (SSSR count). The second kappa shape index (κ2) is 5.44. The summed E-state index contributed by atoms with van der Waals surface area (Å²) in [4.78, 5) is 4.05. The minimum Gasteiger partial charge on any atom is -0.314 e. The van der Waals surface area contributed by atoms with Crippen LogP contribution in [-0.2, 0) is 0 Å². The molecule has 0 aromatic carbocycles. The molecule has 2 nitrogen and oxygen atoms in total. The van der Waals surface area contributed by atoms with Crippen LogP contribution in [0.2, 0.25) is 0 Å². The van der Waals surface area contributed by atoms with Crippen LogP contribution in [0, 0.1) is 17.2 Å². The molecule has 1 heterocycles. The zero-order valence-electron chi connectivity index (χ0n) is 12.5. The first-order chi connectivity index (χ1) is 9.53. The highest BCUT2D eigenvalue weighted by Crippen LogP contribution is 2.46. The van der Waals surface area contributed by atoms with Gasteiger partial charge in [-0.1, -0.05) is 13.8 Å². The fourth-order valence-corrected chi connectivity index (χ4v) is 3.51. The normalized spacial score (nSPS) is 29.4. The van der Waals surface area contributed by atoms with Crippen LogP contribution in [0.5, 0.6) is 0 Å². The maximum Gasteiger partial charge on any atom is 0.141 e. The molecule has 0 amide bonds. The van der Waals surface area contributed by atoms with Crippen molar-refractivity contribution in [1.29, 1.82) is 0 Å². The van der Waals surface area contributed by atoms with E-state index < -0.39 is 0 Å². The minimum atomic E-state index is -0.209. The van der Waals surface area contributed by atoms with Gasteiger partial charge in [0.15, 0.2) is 0 Å². The first-order valence-corrected chi connectivity index (χ1v) is 7.87. The third-order valence-corrected chi connectivity index (χ3v) is 4.93. The molecule has 1 aromatic rings. The second-order valence-electron chi connectivity index (χ2n) is 7.39. The second-order valence-corrected chi connectivity index (χ2v) is 7.39. The van der Waals surface area contributed by atoms with Crippen molar-refractivity contribution < 1.29 is 4.39 Å². The molecule has 2 aliphatic carbocycles. The predicted molar refractivity (Wildman–Crippen MR) is 79.1 cm³/mol. The Balaban J connectivity index is 1.76. The van der Waals surface area contributed by atoms with Gasteiger partial charge in [0.05, 0.1) is 6.20 Å². The molecule has 1 N–H and O–H groups in total. The molecule has 20 heavy (non-hydrogen) atoms. The third kappa shape index (κ3) is 3.38. The average molecular weight is 276 g/mol. The molecule has 2 unspecified atom stereocenters. The summed E-state index contributed by atoms with van der Waals surface area (Å²) in [6.07, 6.45) is 9.44. The maximum atomic E-state index is 13.5. The lowest BCUT2D eigenvalue weighted by molar-refractivity contribution is 0.159. The van der Waals surface area contributed by atoms with Crippen LogP contribution in [-0.4, -0.2) is 17.6 Å². The van der Waals surface area contributed by atoms with Gasteiger partial charge >= 0.3 is 0 Å². The summed E-state index contributed by atoms with van der Waals surface area (Å²) in [5.74, 6) is 0.847. The summed E-state index contributed by atoms with van der Waals surface area (Å²) in [6.45, 7) is 5.73. The molecule has 0 saturated heterocycles. The largest absolute Gasteiger partial charge is 0.314 e. The van der Waals surface area contributed by atoms with Gasteiger partial charge in [0.2, 0.25) is 0 Å². The summed E-state index contributed by atoms with van der Waals surface area (Å²) < 4.78 is 13.5. The van der Waals surface area contributed by atoms with Crippen LogP contribution in [0.4, 0.5) is 4.39 Å². The molecule has 0 radical (unpaired) electrons. The summed E-state index contributed by atoms with van der Waals surface area (Å²) in [7, 11) is 0. The highest BCUT2D eigenvalue weighted by atomic mass is 19.1. The van der Waals surface area contributed by atoms with Crippen molar-refractivity contribution in [2.75, 3.05) is 6.54 Å². The van der Waals surface area contributed by atoms with Crippen LogP contribution in [0.15, 0.2) is 18.5 Å². The molecule has 2 saturated carbocycles. The van der Waals surface area contributed by atoms with Gasteiger partial charge in [-0.3, -0.25) is 4.98 Å². The highest BCUT2D eigenvalue weighted by Gasteiger charge is 2.36. The van der Waals surface area contributed by atoms with Crippen LogP contribution in [0.3, 0.4) is 0 Å². The van der Waals surface area contributed by atoms with Gasteiger partial charge in [-0.05, 0) is 67.5 Å². The van der Waals surface area contributed by atoms with Crippen molar-refractivity contribution in [3.8, 4) is 0 Å². The van der Waals surface area contributed by atoms with E-state index >= 15 is 0 Å². The van der Waals surface area contributed by atoms with Crippen molar-refractivity contribution in [2.45, 2.75) is 57.9 Å². The zero-order chi connectivity index (χ0) is 14.2. The minimum absolute atomic E-state index is 0.209. The molecule has 2 fully saturated rings. The molecule has 0 aliphatic heterocycles. The topological polar surface area (TPSA) is 24.9 Å². The lowest BCUT2D eigenvalue weighted by atomic mass is 9.65. The average Bonchev–Trinajstić information content (AvgIpc) is 3.21. The van der Waals surface area contributed by atoms with Crippen molar-refractivity contribution in [3.63, 3.8) is 0 Å². The van der Waals surface area contributed by atoms with E-state index in [2.05, 4.69) is 24.1 Å². The van der Waals surface area contributed by atoms with E-state index in [1.807, 2.05) is 6.20 Å². The van der Waals surface area contributed by atoms with Gasteiger partial charge in [0.25, 0.3) is 0 Å². The lowest BCUT2D eigenvalue weighted by Crippen LogP contribution is -2.35. The van der Waals surface area contributed by atoms with E-state index in [4.69, 9.17) is 0 Å². The number of hydrogen-bond acceptors (Lipinski definition) is 2. The molecule has 2 aliphatic rings. The number of halogens is 1. The van der Waals surface area contributed by atoms with Crippen LogP contribution in [0.1, 0.15) is 57.4 Å². The Hall–Kier alpha value is -0.960. The lowest BCUT2D eigenvalue weighted by Gasteiger charge is -2.41.